The number of nitrogens with one attached hydrogen (secondary N) is 1. The molecule has 0 spiro atoms. The van der Waals surface area contributed by atoms with Crippen LogP contribution >= 0.6 is 0 Å². The van der Waals surface area contributed by atoms with Gasteiger partial charge in [-0.05, 0) is 83.0 Å². The Bertz CT molecular complexity index is 373. The van der Waals surface area contributed by atoms with Gasteiger partial charge >= 0.3 is 0 Å². The molecule has 0 aromatic rings. The van der Waals surface area contributed by atoms with Crippen LogP contribution < -0.4 is 5.32 Å². The van der Waals surface area contributed by atoms with Crippen molar-refractivity contribution in [1.29, 1.82) is 0 Å². The number of rotatable bonds is 5. The van der Waals surface area contributed by atoms with E-state index in [1.807, 2.05) is 0 Å². The topological polar surface area (TPSA) is 35.6 Å². The molecule has 3 rings (SSSR count). The Labute approximate surface area is 148 Å². The number of piperidine rings is 2. The Kier molecular flexibility index (Phi) is 7.40. The van der Waals surface area contributed by atoms with E-state index < -0.39 is 0 Å². The first-order chi connectivity index (χ1) is 11.8. The fourth-order valence-corrected chi connectivity index (χ4v) is 4.78. The number of likely N-dealkylation sites (tertiary alicyclic amines) is 2. The second kappa shape index (κ2) is 9.76. The van der Waals surface area contributed by atoms with E-state index in [2.05, 4.69) is 15.1 Å². The van der Waals surface area contributed by atoms with Gasteiger partial charge in [0.15, 0.2) is 0 Å². The van der Waals surface area contributed by atoms with E-state index in [4.69, 9.17) is 0 Å². The van der Waals surface area contributed by atoms with E-state index >= 15 is 0 Å². The summed E-state index contributed by atoms with van der Waals surface area (Å²) in [6.07, 6.45) is 12.5. The van der Waals surface area contributed by atoms with Gasteiger partial charge < -0.3 is 15.1 Å². The molecule has 3 heterocycles. The van der Waals surface area contributed by atoms with Gasteiger partial charge in [-0.3, -0.25) is 4.79 Å². The number of nitrogens with zero attached hydrogens (tertiary/aromatic N) is 2. The molecular formula is C20H37N3O. The monoisotopic (exact) mass is 335 g/mol. The van der Waals surface area contributed by atoms with E-state index in [1.165, 1.54) is 71.0 Å². The summed E-state index contributed by atoms with van der Waals surface area (Å²) in [4.78, 5) is 17.5. The first-order valence-corrected chi connectivity index (χ1v) is 10.5. The van der Waals surface area contributed by atoms with Crippen LogP contribution in [0.25, 0.3) is 0 Å². The van der Waals surface area contributed by atoms with Crippen molar-refractivity contribution in [2.75, 3.05) is 45.8 Å². The zero-order chi connectivity index (χ0) is 16.6. The third-order valence-electron chi connectivity index (χ3n) is 6.31. The van der Waals surface area contributed by atoms with Crippen molar-refractivity contribution in [3.63, 3.8) is 0 Å². The highest BCUT2D eigenvalue weighted by atomic mass is 16.2. The van der Waals surface area contributed by atoms with Crippen molar-refractivity contribution >= 4 is 5.91 Å². The second-order valence-corrected chi connectivity index (χ2v) is 8.29. The molecule has 138 valence electrons. The summed E-state index contributed by atoms with van der Waals surface area (Å²) >= 11 is 0. The molecule has 3 fully saturated rings. The fourth-order valence-electron chi connectivity index (χ4n) is 4.78. The zero-order valence-corrected chi connectivity index (χ0v) is 15.5. The second-order valence-electron chi connectivity index (χ2n) is 8.29. The number of hydrogen-bond acceptors (Lipinski definition) is 3. The Morgan fingerprint density at radius 2 is 1.62 bits per heavy atom. The van der Waals surface area contributed by atoms with E-state index in [0.29, 0.717) is 11.8 Å². The normalized spacial score (nSPS) is 27.8. The Hall–Kier alpha value is -0.610. The van der Waals surface area contributed by atoms with Crippen LogP contribution in [-0.2, 0) is 4.79 Å². The SMILES string of the molecule is O=C(CCC1CCNCC1)N1CCCC(CN2CCCCCC2)C1. The highest BCUT2D eigenvalue weighted by Gasteiger charge is 2.26. The minimum Gasteiger partial charge on any atom is -0.342 e. The zero-order valence-electron chi connectivity index (χ0n) is 15.5. The van der Waals surface area contributed by atoms with Gasteiger partial charge in [0, 0.05) is 26.1 Å². The van der Waals surface area contributed by atoms with Crippen LogP contribution in [-0.4, -0.2) is 61.5 Å². The minimum absolute atomic E-state index is 0.425. The number of hydrogen-bond donors (Lipinski definition) is 1. The van der Waals surface area contributed by atoms with Crippen LogP contribution in [0.2, 0.25) is 0 Å². The lowest BCUT2D eigenvalue weighted by Gasteiger charge is -2.36. The van der Waals surface area contributed by atoms with Crippen molar-refractivity contribution in [2.24, 2.45) is 11.8 Å². The lowest BCUT2D eigenvalue weighted by molar-refractivity contribution is -0.133. The maximum atomic E-state index is 12.6. The molecule has 3 saturated heterocycles. The highest BCUT2D eigenvalue weighted by Crippen LogP contribution is 2.22. The summed E-state index contributed by atoms with van der Waals surface area (Å²) in [5.41, 5.74) is 0. The lowest BCUT2D eigenvalue weighted by Crippen LogP contribution is -2.44. The van der Waals surface area contributed by atoms with Crippen molar-refractivity contribution in [1.82, 2.24) is 15.1 Å². The van der Waals surface area contributed by atoms with Crippen LogP contribution in [0.15, 0.2) is 0 Å². The van der Waals surface area contributed by atoms with Crippen LogP contribution in [0.3, 0.4) is 0 Å². The molecular weight excluding hydrogens is 298 g/mol. The Morgan fingerprint density at radius 3 is 2.38 bits per heavy atom. The van der Waals surface area contributed by atoms with Gasteiger partial charge in [-0.2, -0.15) is 0 Å². The lowest BCUT2D eigenvalue weighted by atomic mass is 9.92. The Morgan fingerprint density at radius 1 is 0.875 bits per heavy atom. The van der Waals surface area contributed by atoms with Crippen molar-refractivity contribution < 1.29 is 4.79 Å². The Balaban J connectivity index is 1.39. The van der Waals surface area contributed by atoms with Gasteiger partial charge in [-0.1, -0.05) is 12.8 Å². The summed E-state index contributed by atoms with van der Waals surface area (Å²) in [7, 11) is 0. The maximum Gasteiger partial charge on any atom is 0.222 e. The van der Waals surface area contributed by atoms with Gasteiger partial charge in [-0.25, -0.2) is 0 Å². The average molecular weight is 336 g/mol. The van der Waals surface area contributed by atoms with Gasteiger partial charge in [0.2, 0.25) is 5.91 Å². The van der Waals surface area contributed by atoms with E-state index in [9.17, 15) is 4.79 Å². The molecule has 24 heavy (non-hydrogen) atoms. The first kappa shape index (κ1) is 18.2. The number of carbonyl (C=O) groups is 1. The molecule has 4 heteroatoms. The molecule has 0 saturated carbocycles. The molecule has 1 unspecified atom stereocenters. The molecule has 4 nitrogen and oxygen atoms in total. The van der Waals surface area contributed by atoms with Crippen LogP contribution in [0.1, 0.15) is 64.2 Å². The van der Waals surface area contributed by atoms with Gasteiger partial charge in [0.1, 0.15) is 0 Å². The van der Waals surface area contributed by atoms with E-state index in [1.54, 1.807) is 0 Å². The summed E-state index contributed by atoms with van der Waals surface area (Å²) in [6.45, 7) is 8.07. The predicted molar refractivity (Wildman–Crippen MR) is 99.0 cm³/mol. The van der Waals surface area contributed by atoms with E-state index in [-0.39, 0.29) is 0 Å². The standard InChI is InChI=1S/C20H37N3O/c24-20(8-7-18-9-11-21-12-10-18)23-15-5-6-19(17-23)16-22-13-3-1-2-4-14-22/h18-19,21H,1-17H2. The molecule has 1 atom stereocenters. The fraction of sp³-hybridized carbons (Fsp3) is 0.950. The molecule has 0 radical (unpaired) electrons. The third kappa shape index (κ3) is 5.73. The molecule has 1 N–H and O–H groups in total. The largest absolute Gasteiger partial charge is 0.342 e. The molecule has 1 amide bonds. The summed E-state index contributed by atoms with van der Waals surface area (Å²) in [6, 6.07) is 0. The van der Waals surface area contributed by atoms with Crippen molar-refractivity contribution in [3.05, 3.63) is 0 Å². The molecule has 3 aliphatic heterocycles. The summed E-state index contributed by atoms with van der Waals surface area (Å²) in [5, 5.41) is 3.41. The average Bonchev–Trinajstić information content (AvgIpc) is 2.89. The smallest absolute Gasteiger partial charge is 0.222 e. The summed E-state index contributed by atoms with van der Waals surface area (Å²) in [5.74, 6) is 1.90. The summed E-state index contributed by atoms with van der Waals surface area (Å²) < 4.78 is 0. The maximum absolute atomic E-state index is 12.6. The first-order valence-electron chi connectivity index (χ1n) is 10.5. The van der Waals surface area contributed by atoms with Crippen molar-refractivity contribution in [3.8, 4) is 0 Å². The van der Waals surface area contributed by atoms with Gasteiger partial charge in [-0.15, -0.1) is 0 Å². The van der Waals surface area contributed by atoms with E-state index in [0.717, 1.165) is 44.9 Å². The molecule has 0 bridgehead atoms. The molecule has 3 aliphatic rings. The van der Waals surface area contributed by atoms with Crippen molar-refractivity contribution in [2.45, 2.75) is 64.2 Å². The number of amides is 1. The van der Waals surface area contributed by atoms with Crippen LogP contribution in [0.5, 0.6) is 0 Å². The minimum atomic E-state index is 0.425. The quantitative estimate of drug-likeness (QED) is 0.839. The molecule has 0 aromatic carbocycles. The number of carbonyl (C=O) groups excluding carboxylic acids is 1. The van der Waals surface area contributed by atoms with Gasteiger partial charge in [0.25, 0.3) is 0 Å². The van der Waals surface area contributed by atoms with Gasteiger partial charge in [0.05, 0.1) is 0 Å². The predicted octanol–water partition coefficient (Wildman–Crippen LogP) is 2.88. The van der Waals surface area contributed by atoms with Crippen LogP contribution in [0, 0.1) is 11.8 Å². The highest BCUT2D eigenvalue weighted by molar-refractivity contribution is 5.76. The third-order valence-corrected chi connectivity index (χ3v) is 6.31. The molecule has 0 aromatic heterocycles. The molecule has 0 aliphatic carbocycles. The van der Waals surface area contributed by atoms with Crippen LogP contribution in [0.4, 0.5) is 0 Å².